The maximum atomic E-state index is 12.6. The van der Waals surface area contributed by atoms with Gasteiger partial charge in [0.05, 0.1) is 19.4 Å². The molecule has 0 aromatic rings. The average molecular weight is 363 g/mol. The Morgan fingerprint density at radius 1 is 1.15 bits per heavy atom. The van der Waals surface area contributed by atoms with E-state index in [1.54, 1.807) is 0 Å². The van der Waals surface area contributed by atoms with Gasteiger partial charge in [0.25, 0.3) is 0 Å². The number of rotatable bonds is 7. The first-order chi connectivity index (χ1) is 12.3. The van der Waals surface area contributed by atoms with E-state index in [9.17, 15) is 14.4 Å². The lowest BCUT2D eigenvalue weighted by Gasteiger charge is -2.39. The lowest BCUT2D eigenvalue weighted by molar-refractivity contribution is -0.152. The van der Waals surface area contributed by atoms with E-state index in [1.807, 2.05) is 4.90 Å². The van der Waals surface area contributed by atoms with Crippen molar-refractivity contribution in [1.82, 2.24) is 4.90 Å². The molecule has 3 rings (SSSR count). The molecule has 3 atom stereocenters. The number of piperidine rings is 1. The lowest BCUT2D eigenvalue weighted by Crippen LogP contribution is -2.44. The second kappa shape index (κ2) is 7.80. The van der Waals surface area contributed by atoms with E-state index in [4.69, 9.17) is 9.84 Å². The van der Waals surface area contributed by atoms with Crippen LogP contribution in [0.4, 0.5) is 0 Å². The number of nitrogens with zero attached hydrogens (tertiary/aromatic N) is 1. The molecule has 1 heterocycles. The van der Waals surface area contributed by atoms with Gasteiger partial charge in [0.2, 0.25) is 5.91 Å². The second-order valence-electron chi connectivity index (χ2n) is 8.49. The van der Waals surface area contributed by atoms with Gasteiger partial charge in [0, 0.05) is 24.9 Å². The van der Waals surface area contributed by atoms with Crippen molar-refractivity contribution >= 4 is 17.8 Å². The number of ether oxygens (including phenoxy) is 1. The number of amides is 1. The Morgan fingerprint density at radius 3 is 2.46 bits per heavy atom. The molecule has 0 aromatic heterocycles. The van der Waals surface area contributed by atoms with Gasteiger partial charge < -0.3 is 14.7 Å². The minimum absolute atomic E-state index is 0.0893. The van der Waals surface area contributed by atoms with Crippen LogP contribution in [-0.4, -0.2) is 47.5 Å². The Morgan fingerprint density at radius 2 is 1.88 bits per heavy atom. The van der Waals surface area contributed by atoms with Crippen LogP contribution >= 0.6 is 0 Å². The molecule has 2 fully saturated rings. The number of carboxylic acid groups (broad SMARTS) is 1. The van der Waals surface area contributed by atoms with Crippen LogP contribution in [0, 0.1) is 23.2 Å². The molecule has 3 unspecified atom stereocenters. The Bertz CT molecular complexity index is 591. The number of aliphatic carboxylic acids is 1. The predicted molar refractivity (Wildman–Crippen MR) is 95.2 cm³/mol. The van der Waals surface area contributed by atoms with Gasteiger partial charge in [-0.15, -0.1) is 0 Å². The van der Waals surface area contributed by atoms with E-state index in [0.717, 1.165) is 19.3 Å². The molecule has 0 aromatic carbocycles. The Balaban J connectivity index is 1.38. The van der Waals surface area contributed by atoms with Gasteiger partial charge >= 0.3 is 11.9 Å². The fourth-order valence-corrected chi connectivity index (χ4v) is 4.46. The van der Waals surface area contributed by atoms with Crippen LogP contribution < -0.4 is 0 Å². The maximum absolute atomic E-state index is 12.6. The highest BCUT2D eigenvalue weighted by molar-refractivity contribution is 5.77. The molecule has 1 saturated heterocycles. The van der Waals surface area contributed by atoms with Gasteiger partial charge in [-0.1, -0.05) is 19.1 Å². The molecule has 2 bridgehead atoms. The van der Waals surface area contributed by atoms with Gasteiger partial charge in [-0.05, 0) is 43.4 Å². The van der Waals surface area contributed by atoms with Crippen LogP contribution in [0.3, 0.4) is 0 Å². The number of likely N-dealkylation sites (tertiary alicyclic amines) is 1. The summed E-state index contributed by atoms with van der Waals surface area (Å²) in [6.07, 6.45) is 8.96. The highest BCUT2D eigenvalue weighted by Crippen LogP contribution is 2.45. The number of carbonyl (C=O) groups excluding carboxylic acids is 2. The third-order valence-corrected chi connectivity index (χ3v) is 6.30. The summed E-state index contributed by atoms with van der Waals surface area (Å²) in [4.78, 5) is 36.7. The van der Waals surface area contributed by atoms with Crippen LogP contribution in [0.2, 0.25) is 0 Å². The van der Waals surface area contributed by atoms with Gasteiger partial charge in [-0.2, -0.15) is 0 Å². The molecule has 1 amide bonds. The molecular formula is C20H29NO5. The number of allylic oxidation sites excluding steroid dienone is 2. The first kappa shape index (κ1) is 18.9. The largest absolute Gasteiger partial charge is 0.481 e. The number of carbonyl (C=O) groups is 3. The van der Waals surface area contributed by atoms with Gasteiger partial charge in [0.1, 0.15) is 0 Å². The highest BCUT2D eigenvalue weighted by Gasteiger charge is 2.38. The van der Waals surface area contributed by atoms with E-state index in [0.29, 0.717) is 43.9 Å². The van der Waals surface area contributed by atoms with Crippen molar-refractivity contribution in [2.75, 3.05) is 19.7 Å². The zero-order chi connectivity index (χ0) is 18.7. The fraction of sp³-hybridized carbons (Fsp3) is 0.750. The summed E-state index contributed by atoms with van der Waals surface area (Å²) >= 11 is 0. The third-order valence-electron chi connectivity index (χ3n) is 6.30. The summed E-state index contributed by atoms with van der Waals surface area (Å²) in [5.74, 6) is 0.613. The van der Waals surface area contributed by atoms with Crippen LogP contribution in [0.5, 0.6) is 0 Å². The molecule has 2 aliphatic carbocycles. The molecule has 6 heteroatoms. The molecule has 1 aliphatic heterocycles. The molecule has 1 N–H and O–H groups in total. The number of hydrogen-bond donors (Lipinski definition) is 1. The summed E-state index contributed by atoms with van der Waals surface area (Å²) in [5, 5.41) is 8.60. The Hall–Kier alpha value is -1.85. The van der Waals surface area contributed by atoms with Crippen molar-refractivity contribution in [3.05, 3.63) is 12.2 Å². The van der Waals surface area contributed by atoms with Crippen LogP contribution in [-0.2, 0) is 19.1 Å². The standard InChI is InChI=1S/C20H29NO5/c1-20(13-26-19(25)5-4-18(23)24)6-8-21(9-7-20)17(22)12-16-11-14-2-3-15(16)10-14/h2-3,14-16H,4-13H2,1H3,(H,23,24). The van der Waals surface area contributed by atoms with Gasteiger partial charge in [-0.25, -0.2) is 0 Å². The fourth-order valence-electron chi connectivity index (χ4n) is 4.46. The summed E-state index contributed by atoms with van der Waals surface area (Å²) in [6, 6.07) is 0. The van der Waals surface area contributed by atoms with Gasteiger partial charge in [0.15, 0.2) is 0 Å². The maximum Gasteiger partial charge on any atom is 0.306 e. The predicted octanol–water partition coefficient (Wildman–Crippen LogP) is 2.63. The van der Waals surface area contributed by atoms with E-state index in [2.05, 4.69) is 19.1 Å². The van der Waals surface area contributed by atoms with E-state index >= 15 is 0 Å². The molecular weight excluding hydrogens is 334 g/mol. The van der Waals surface area contributed by atoms with Crippen molar-refractivity contribution in [3.8, 4) is 0 Å². The summed E-state index contributed by atoms with van der Waals surface area (Å²) < 4.78 is 5.26. The summed E-state index contributed by atoms with van der Waals surface area (Å²) in [6.45, 7) is 3.78. The van der Waals surface area contributed by atoms with Crippen LogP contribution in [0.15, 0.2) is 12.2 Å². The smallest absolute Gasteiger partial charge is 0.306 e. The lowest BCUT2D eigenvalue weighted by atomic mass is 9.81. The topological polar surface area (TPSA) is 83.9 Å². The van der Waals surface area contributed by atoms with E-state index in [1.165, 1.54) is 6.42 Å². The minimum Gasteiger partial charge on any atom is -0.481 e. The number of carboxylic acids is 1. The third kappa shape index (κ3) is 4.65. The summed E-state index contributed by atoms with van der Waals surface area (Å²) in [7, 11) is 0. The Kier molecular flexibility index (Phi) is 5.68. The molecule has 1 saturated carbocycles. The molecule has 3 aliphatic rings. The second-order valence-corrected chi connectivity index (χ2v) is 8.49. The monoisotopic (exact) mass is 363 g/mol. The molecule has 26 heavy (non-hydrogen) atoms. The van der Waals surface area contributed by atoms with Crippen molar-refractivity contribution in [2.24, 2.45) is 23.2 Å². The number of fused-ring (bicyclic) bond motifs is 2. The number of hydrogen-bond acceptors (Lipinski definition) is 4. The first-order valence-electron chi connectivity index (χ1n) is 9.68. The highest BCUT2D eigenvalue weighted by atomic mass is 16.5. The van der Waals surface area contributed by atoms with Crippen LogP contribution in [0.1, 0.15) is 51.9 Å². The summed E-state index contributed by atoms with van der Waals surface area (Å²) in [5.41, 5.74) is -0.134. The SMILES string of the molecule is CC1(COC(=O)CCC(=O)O)CCN(C(=O)CC2CC3C=CC2C3)CC1. The molecule has 144 valence electrons. The molecule has 0 radical (unpaired) electrons. The minimum atomic E-state index is -0.994. The number of esters is 1. The zero-order valence-electron chi connectivity index (χ0n) is 15.5. The zero-order valence-corrected chi connectivity index (χ0v) is 15.5. The van der Waals surface area contributed by atoms with Crippen LogP contribution in [0.25, 0.3) is 0 Å². The van der Waals surface area contributed by atoms with Gasteiger partial charge in [-0.3, -0.25) is 14.4 Å². The normalized spacial score (nSPS) is 29.0. The first-order valence-corrected chi connectivity index (χ1v) is 9.68. The molecule has 6 nitrogen and oxygen atoms in total. The van der Waals surface area contributed by atoms with Crippen molar-refractivity contribution in [2.45, 2.75) is 51.9 Å². The average Bonchev–Trinajstić information content (AvgIpc) is 3.21. The Labute approximate surface area is 154 Å². The van der Waals surface area contributed by atoms with E-state index < -0.39 is 11.9 Å². The quantitative estimate of drug-likeness (QED) is 0.555. The molecule has 0 spiro atoms. The van der Waals surface area contributed by atoms with Crippen molar-refractivity contribution in [1.29, 1.82) is 0 Å². The van der Waals surface area contributed by atoms with Crippen molar-refractivity contribution in [3.63, 3.8) is 0 Å². The van der Waals surface area contributed by atoms with Crippen molar-refractivity contribution < 1.29 is 24.2 Å². The van der Waals surface area contributed by atoms with E-state index in [-0.39, 0.29) is 24.2 Å².